The fourth-order valence-corrected chi connectivity index (χ4v) is 3.66. The van der Waals surface area contributed by atoms with E-state index in [4.69, 9.17) is 4.74 Å². The Morgan fingerprint density at radius 1 is 1.06 bits per heavy atom. The summed E-state index contributed by atoms with van der Waals surface area (Å²) in [5.74, 6) is 0.0600. The lowest BCUT2D eigenvalue weighted by atomic mass is 10.0. The Hall–Kier alpha value is -4.26. The van der Waals surface area contributed by atoms with Crippen molar-refractivity contribution in [3.63, 3.8) is 0 Å². The first kappa shape index (κ1) is 22.0. The summed E-state index contributed by atoms with van der Waals surface area (Å²) in [7, 11) is 1.59. The molecule has 1 amide bonds. The molecular weight excluding hydrogens is 418 g/mol. The van der Waals surface area contributed by atoms with Gasteiger partial charge in [0.05, 0.1) is 18.2 Å². The molecule has 0 aliphatic heterocycles. The molecule has 0 aliphatic rings. The number of methoxy groups -OCH3 is 1. The fourth-order valence-electron chi connectivity index (χ4n) is 3.66. The van der Waals surface area contributed by atoms with Gasteiger partial charge in [0.25, 0.3) is 0 Å². The average molecular weight is 441 g/mol. The van der Waals surface area contributed by atoms with Crippen molar-refractivity contribution >= 4 is 22.6 Å². The van der Waals surface area contributed by atoms with Crippen molar-refractivity contribution in [3.05, 3.63) is 106 Å². The Labute approximate surface area is 190 Å². The second-order valence-corrected chi connectivity index (χ2v) is 7.71. The zero-order valence-electron chi connectivity index (χ0n) is 18.4. The van der Waals surface area contributed by atoms with Gasteiger partial charge in [-0.25, -0.2) is 0 Å². The summed E-state index contributed by atoms with van der Waals surface area (Å²) in [4.78, 5) is 42.9. The minimum atomic E-state index is -0.406. The number of ether oxygens (including phenoxy) is 1. The third-order valence-electron chi connectivity index (χ3n) is 5.36. The standard InChI is InChI=1S/C26H23N3O4/c1-17-6-7-23-21(12-17)26(32)22(25(31)19-8-10-27-11-9-19)15-29(23)16-24(30)28-14-18-4-3-5-20(13-18)33-2/h3-13,15H,14,16H2,1-2H3,(H,28,30). The van der Waals surface area contributed by atoms with E-state index < -0.39 is 5.78 Å². The van der Waals surface area contributed by atoms with Gasteiger partial charge in [-0.15, -0.1) is 0 Å². The Bertz CT molecular complexity index is 1390. The number of fused-ring (bicyclic) bond motifs is 1. The number of hydrogen-bond acceptors (Lipinski definition) is 5. The number of carbonyl (C=O) groups excluding carboxylic acids is 2. The van der Waals surface area contributed by atoms with E-state index in [1.165, 1.54) is 18.6 Å². The number of carbonyl (C=O) groups is 2. The van der Waals surface area contributed by atoms with Gasteiger partial charge >= 0.3 is 0 Å². The highest BCUT2D eigenvalue weighted by molar-refractivity contribution is 6.10. The Kier molecular flexibility index (Phi) is 6.31. The molecule has 0 radical (unpaired) electrons. The Morgan fingerprint density at radius 2 is 1.85 bits per heavy atom. The topological polar surface area (TPSA) is 90.3 Å². The number of aromatic nitrogens is 2. The molecule has 2 aromatic carbocycles. The summed E-state index contributed by atoms with van der Waals surface area (Å²) >= 11 is 0. The number of hydrogen-bond donors (Lipinski definition) is 1. The second kappa shape index (κ2) is 9.48. The van der Waals surface area contributed by atoms with Crippen LogP contribution in [0.25, 0.3) is 10.9 Å². The highest BCUT2D eigenvalue weighted by Crippen LogP contribution is 2.17. The van der Waals surface area contributed by atoms with Gasteiger partial charge in [0.1, 0.15) is 12.3 Å². The van der Waals surface area contributed by atoms with Crippen molar-refractivity contribution < 1.29 is 14.3 Å². The van der Waals surface area contributed by atoms with E-state index in [-0.39, 0.29) is 23.4 Å². The summed E-state index contributed by atoms with van der Waals surface area (Å²) in [5.41, 5.74) is 2.40. The van der Waals surface area contributed by atoms with E-state index in [0.29, 0.717) is 28.8 Å². The molecule has 0 saturated carbocycles. The van der Waals surface area contributed by atoms with Gasteiger partial charge in [-0.2, -0.15) is 0 Å². The first-order chi connectivity index (χ1) is 16.0. The van der Waals surface area contributed by atoms with Crippen LogP contribution in [-0.2, 0) is 17.9 Å². The van der Waals surface area contributed by atoms with Crippen LogP contribution in [-0.4, -0.2) is 28.4 Å². The molecule has 0 saturated heterocycles. The maximum Gasteiger partial charge on any atom is 0.240 e. The molecule has 2 aromatic heterocycles. The lowest BCUT2D eigenvalue weighted by Crippen LogP contribution is -2.29. The van der Waals surface area contributed by atoms with Crippen LogP contribution in [0.5, 0.6) is 5.75 Å². The number of ketones is 1. The van der Waals surface area contributed by atoms with E-state index in [1.54, 1.807) is 35.9 Å². The maximum atomic E-state index is 13.1. The summed E-state index contributed by atoms with van der Waals surface area (Å²) in [6.45, 7) is 2.16. The first-order valence-electron chi connectivity index (χ1n) is 10.4. The van der Waals surface area contributed by atoms with Crippen LogP contribution in [0.1, 0.15) is 27.0 Å². The quantitative estimate of drug-likeness (QED) is 0.445. The van der Waals surface area contributed by atoms with E-state index in [1.807, 2.05) is 37.3 Å². The van der Waals surface area contributed by atoms with Crippen LogP contribution >= 0.6 is 0 Å². The summed E-state index contributed by atoms with van der Waals surface area (Å²) in [6, 6.07) is 16.0. The zero-order chi connectivity index (χ0) is 23.4. The first-order valence-corrected chi connectivity index (χ1v) is 10.4. The lowest BCUT2D eigenvalue weighted by molar-refractivity contribution is -0.121. The minimum absolute atomic E-state index is 0.0138. The predicted octanol–water partition coefficient (Wildman–Crippen LogP) is 3.26. The predicted molar refractivity (Wildman–Crippen MR) is 125 cm³/mol. The third-order valence-corrected chi connectivity index (χ3v) is 5.36. The van der Waals surface area contributed by atoms with Gasteiger partial charge in [0, 0.05) is 36.1 Å². The van der Waals surface area contributed by atoms with E-state index in [0.717, 1.165) is 11.1 Å². The van der Waals surface area contributed by atoms with Crippen molar-refractivity contribution in [1.29, 1.82) is 0 Å². The van der Waals surface area contributed by atoms with Crippen LogP contribution in [0.3, 0.4) is 0 Å². The van der Waals surface area contributed by atoms with Crippen LogP contribution in [0.15, 0.2) is 78.0 Å². The van der Waals surface area contributed by atoms with Crippen molar-refractivity contribution in [2.75, 3.05) is 7.11 Å². The molecule has 1 N–H and O–H groups in total. The number of benzene rings is 2. The molecule has 0 unspecified atom stereocenters. The van der Waals surface area contributed by atoms with E-state index in [9.17, 15) is 14.4 Å². The average Bonchev–Trinajstić information content (AvgIpc) is 2.84. The van der Waals surface area contributed by atoms with Gasteiger partial charge in [-0.1, -0.05) is 23.8 Å². The second-order valence-electron chi connectivity index (χ2n) is 7.71. The maximum absolute atomic E-state index is 13.1. The van der Waals surface area contributed by atoms with Crippen LogP contribution < -0.4 is 15.5 Å². The summed E-state index contributed by atoms with van der Waals surface area (Å²) in [5, 5.41) is 3.28. The number of pyridine rings is 2. The minimum Gasteiger partial charge on any atom is -0.497 e. The van der Waals surface area contributed by atoms with Crippen LogP contribution in [0, 0.1) is 6.92 Å². The number of amides is 1. The summed E-state index contributed by atoms with van der Waals surface area (Å²) < 4.78 is 6.86. The summed E-state index contributed by atoms with van der Waals surface area (Å²) in [6.07, 6.45) is 4.47. The smallest absolute Gasteiger partial charge is 0.240 e. The molecule has 4 rings (SSSR count). The highest BCUT2D eigenvalue weighted by Gasteiger charge is 2.18. The highest BCUT2D eigenvalue weighted by atomic mass is 16.5. The van der Waals surface area contributed by atoms with Gasteiger partial charge in [0.2, 0.25) is 11.3 Å². The molecule has 33 heavy (non-hydrogen) atoms. The van der Waals surface area contributed by atoms with Crippen molar-refractivity contribution in [1.82, 2.24) is 14.9 Å². The van der Waals surface area contributed by atoms with Gasteiger partial charge in [-0.3, -0.25) is 19.4 Å². The molecule has 0 fully saturated rings. The molecule has 0 bridgehead atoms. The monoisotopic (exact) mass is 441 g/mol. The van der Waals surface area contributed by atoms with E-state index in [2.05, 4.69) is 10.3 Å². The third kappa shape index (κ3) is 4.82. The number of nitrogens with one attached hydrogen (secondary N) is 1. The van der Waals surface area contributed by atoms with Crippen molar-refractivity contribution in [2.45, 2.75) is 20.0 Å². The molecule has 7 heteroatoms. The van der Waals surface area contributed by atoms with Crippen LogP contribution in [0.4, 0.5) is 0 Å². The number of rotatable bonds is 7. The molecular formula is C26H23N3O4. The Balaban J connectivity index is 1.66. The van der Waals surface area contributed by atoms with Gasteiger partial charge in [0.15, 0.2) is 5.78 Å². The largest absolute Gasteiger partial charge is 0.497 e. The molecule has 0 aliphatic carbocycles. The molecule has 0 atom stereocenters. The normalized spacial score (nSPS) is 10.7. The van der Waals surface area contributed by atoms with Gasteiger partial charge in [-0.05, 0) is 48.9 Å². The Morgan fingerprint density at radius 3 is 2.61 bits per heavy atom. The molecule has 4 aromatic rings. The van der Waals surface area contributed by atoms with Crippen molar-refractivity contribution in [2.24, 2.45) is 0 Å². The molecule has 7 nitrogen and oxygen atoms in total. The molecule has 0 spiro atoms. The fraction of sp³-hybridized carbons (Fsp3) is 0.154. The molecule has 2 heterocycles. The molecule has 166 valence electrons. The number of nitrogens with zero attached hydrogens (tertiary/aromatic N) is 2. The zero-order valence-corrected chi connectivity index (χ0v) is 18.4. The van der Waals surface area contributed by atoms with Crippen molar-refractivity contribution in [3.8, 4) is 5.75 Å². The SMILES string of the molecule is COc1cccc(CNC(=O)Cn2cc(C(=O)c3ccncc3)c(=O)c3cc(C)ccc32)c1. The van der Waals surface area contributed by atoms with E-state index >= 15 is 0 Å². The lowest BCUT2D eigenvalue weighted by Gasteiger charge is -2.14. The van der Waals surface area contributed by atoms with Crippen LogP contribution in [0.2, 0.25) is 0 Å². The van der Waals surface area contributed by atoms with Gasteiger partial charge < -0.3 is 14.6 Å². The number of aryl methyl sites for hydroxylation is 1.